The normalized spacial score (nSPS) is 15.9. The number of anilines is 2. The molecule has 3 aromatic rings. The molecule has 0 bridgehead atoms. The van der Waals surface area contributed by atoms with E-state index < -0.39 is 17.5 Å². The molecule has 13 heteroatoms. The van der Waals surface area contributed by atoms with Crippen LogP contribution in [0.4, 0.5) is 20.3 Å². The summed E-state index contributed by atoms with van der Waals surface area (Å²) in [4.78, 5) is 22.7. The Morgan fingerprint density at radius 1 is 1.16 bits per heavy atom. The minimum Gasteiger partial charge on any atom is -0.493 e. The molecule has 5 N–H and O–H groups in total. The molecule has 1 amide bonds. The Morgan fingerprint density at radius 3 is 2.82 bits per heavy atom. The third kappa shape index (κ3) is 5.84. The van der Waals surface area contributed by atoms with Crippen LogP contribution in [-0.4, -0.2) is 71.7 Å². The number of hydrogen-bond acceptors (Lipinski definition) is 10. The topological polar surface area (TPSA) is 124 Å². The Kier molecular flexibility index (Phi) is 7.65. The predicted octanol–water partition coefficient (Wildman–Crippen LogP) is 1.52. The summed E-state index contributed by atoms with van der Waals surface area (Å²) in [6.45, 7) is 5.50. The fraction of sp³-hybridized carbons (Fsp3) is 0.320. The van der Waals surface area contributed by atoms with Gasteiger partial charge in [0.15, 0.2) is 11.6 Å². The first-order valence-corrected chi connectivity index (χ1v) is 12.3. The molecule has 0 radical (unpaired) electrons. The Morgan fingerprint density at radius 2 is 2.00 bits per heavy atom. The molecule has 38 heavy (non-hydrogen) atoms. The first-order chi connectivity index (χ1) is 18.5. The lowest BCUT2D eigenvalue weighted by atomic mass is 10.2. The average molecular weight is 526 g/mol. The lowest BCUT2D eigenvalue weighted by Crippen LogP contribution is -2.47. The van der Waals surface area contributed by atoms with Gasteiger partial charge in [-0.2, -0.15) is 5.12 Å². The van der Waals surface area contributed by atoms with Crippen molar-refractivity contribution in [3.63, 3.8) is 0 Å². The molecule has 0 spiro atoms. The number of fused-ring (bicyclic) bond motifs is 1. The van der Waals surface area contributed by atoms with Crippen LogP contribution in [0.15, 0.2) is 54.7 Å². The van der Waals surface area contributed by atoms with E-state index in [0.717, 1.165) is 50.6 Å². The Labute approximate surface area is 218 Å². The van der Waals surface area contributed by atoms with Gasteiger partial charge in [0.2, 0.25) is 5.91 Å². The van der Waals surface area contributed by atoms with Gasteiger partial charge in [-0.1, -0.05) is 6.07 Å². The maximum atomic E-state index is 14.5. The average Bonchev–Trinajstić information content (AvgIpc) is 3.30. The predicted molar refractivity (Wildman–Crippen MR) is 139 cm³/mol. The van der Waals surface area contributed by atoms with E-state index >= 15 is 0 Å². The van der Waals surface area contributed by atoms with Crippen LogP contribution in [0, 0.1) is 11.6 Å². The molecule has 2 aromatic carbocycles. The van der Waals surface area contributed by atoms with Gasteiger partial charge in [-0.15, -0.1) is 0 Å². The third-order valence-electron chi connectivity index (χ3n) is 6.20. The Balaban J connectivity index is 1.27. The highest BCUT2D eigenvalue weighted by molar-refractivity contribution is 5.90. The summed E-state index contributed by atoms with van der Waals surface area (Å²) in [7, 11) is 0. The molecule has 0 saturated carbocycles. The van der Waals surface area contributed by atoms with E-state index in [1.165, 1.54) is 34.8 Å². The summed E-state index contributed by atoms with van der Waals surface area (Å²) >= 11 is 0. The van der Waals surface area contributed by atoms with Crippen molar-refractivity contribution in [2.24, 2.45) is 5.73 Å². The van der Waals surface area contributed by atoms with Crippen molar-refractivity contribution in [2.75, 3.05) is 56.3 Å². The van der Waals surface area contributed by atoms with Crippen LogP contribution >= 0.6 is 0 Å². The fourth-order valence-corrected chi connectivity index (χ4v) is 4.37. The number of rotatable bonds is 10. The van der Waals surface area contributed by atoms with Gasteiger partial charge in [0.05, 0.1) is 18.3 Å². The fourth-order valence-electron chi connectivity index (χ4n) is 4.37. The highest BCUT2D eigenvalue weighted by atomic mass is 19.2. The molecule has 0 aliphatic carbocycles. The van der Waals surface area contributed by atoms with Crippen LogP contribution in [0.3, 0.4) is 0 Å². The van der Waals surface area contributed by atoms with E-state index in [1.54, 1.807) is 0 Å². The lowest BCUT2D eigenvalue weighted by molar-refractivity contribution is -0.118. The number of primary amides is 1. The minimum atomic E-state index is -1.07. The van der Waals surface area contributed by atoms with Gasteiger partial charge in [-0.05, 0) is 30.7 Å². The zero-order valence-corrected chi connectivity index (χ0v) is 20.7. The summed E-state index contributed by atoms with van der Waals surface area (Å²) in [6, 6.07) is 9.30. The van der Waals surface area contributed by atoms with Crippen molar-refractivity contribution in [1.82, 2.24) is 30.6 Å². The third-order valence-corrected chi connectivity index (χ3v) is 6.20. The number of halogens is 2. The molecule has 0 atom stereocenters. The summed E-state index contributed by atoms with van der Waals surface area (Å²) in [6.07, 6.45) is 3.86. The smallest absolute Gasteiger partial charge is 0.239 e. The van der Waals surface area contributed by atoms with Gasteiger partial charge in [-0.25, -0.2) is 18.7 Å². The highest BCUT2D eigenvalue weighted by Gasteiger charge is 2.27. The number of amides is 1. The van der Waals surface area contributed by atoms with Gasteiger partial charge >= 0.3 is 0 Å². The number of nitrogens with one attached hydrogen (secondary N) is 3. The molecule has 11 nitrogen and oxygen atoms in total. The Hall–Kier alpha value is -4.23. The Bertz CT molecular complexity index is 1330. The van der Waals surface area contributed by atoms with E-state index in [1.807, 2.05) is 18.2 Å². The number of hydrazine groups is 2. The monoisotopic (exact) mass is 525 g/mol. The zero-order valence-electron chi connectivity index (χ0n) is 20.7. The number of carbonyl (C=O) groups excluding carboxylic acids is 1. The number of benzene rings is 2. The van der Waals surface area contributed by atoms with Crippen LogP contribution < -0.4 is 31.6 Å². The van der Waals surface area contributed by atoms with Crippen molar-refractivity contribution < 1.29 is 18.3 Å². The quantitative estimate of drug-likeness (QED) is 0.290. The molecule has 5 rings (SSSR count). The van der Waals surface area contributed by atoms with E-state index in [0.29, 0.717) is 29.5 Å². The maximum Gasteiger partial charge on any atom is 0.239 e. The number of hydrogen-bond donors (Lipinski definition) is 4. The molecule has 2 aliphatic heterocycles. The SMILES string of the molecule is NC(=O)CN1C=C(Nc2ncnc3cc(OCCCN4CCNCC4)ccc23)NN1c1cccc(F)c1F. The molecule has 2 aliphatic rings. The lowest BCUT2D eigenvalue weighted by Gasteiger charge is -2.29. The second-order valence-electron chi connectivity index (χ2n) is 8.92. The number of nitrogens with zero attached hydrogens (tertiary/aromatic N) is 5. The van der Waals surface area contributed by atoms with E-state index in [9.17, 15) is 13.6 Å². The van der Waals surface area contributed by atoms with E-state index in [2.05, 4.69) is 30.9 Å². The van der Waals surface area contributed by atoms with E-state index in [-0.39, 0.29) is 12.2 Å². The number of carbonyl (C=O) groups is 1. The number of ether oxygens (including phenoxy) is 1. The number of nitrogens with two attached hydrogens (primary N) is 1. The summed E-state index contributed by atoms with van der Waals surface area (Å²) in [5, 5.41) is 9.72. The van der Waals surface area contributed by atoms with Crippen LogP contribution in [0.25, 0.3) is 10.9 Å². The molecule has 200 valence electrons. The largest absolute Gasteiger partial charge is 0.493 e. The van der Waals surface area contributed by atoms with Gasteiger partial charge in [0, 0.05) is 44.2 Å². The van der Waals surface area contributed by atoms with Crippen molar-refractivity contribution in [2.45, 2.75) is 6.42 Å². The maximum absolute atomic E-state index is 14.5. The summed E-state index contributed by atoms with van der Waals surface area (Å²) in [5.74, 6) is -1.20. The first-order valence-electron chi connectivity index (χ1n) is 12.3. The second-order valence-corrected chi connectivity index (χ2v) is 8.92. The van der Waals surface area contributed by atoms with Crippen LogP contribution in [0.1, 0.15) is 6.42 Å². The van der Waals surface area contributed by atoms with Gasteiger partial charge in [-0.3, -0.25) is 15.2 Å². The number of piperazine rings is 1. The first kappa shape index (κ1) is 25.4. The van der Waals surface area contributed by atoms with Gasteiger partial charge in [0.25, 0.3) is 0 Å². The molecule has 1 fully saturated rings. The zero-order chi connectivity index (χ0) is 26.5. The molecular weight excluding hydrogens is 496 g/mol. The van der Waals surface area contributed by atoms with Crippen molar-refractivity contribution in [1.29, 1.82) is 0 Å². The van der Waals surface area contributed by atoms with Crippen molar-refractivity contribution in [3.8, 4) is 5.75 Å². The van der Waals surface area contributed by atoms with E-state index in [4.69, 9.17) is 10.5 Å². The minimum absolute atomic E-state index is 0.120. The summed E-state index contributed by atoms with van der Waals surface area (Å²) in [5.41, 5.74) is 8.83. The molecule has 3 heterocycles. The van der Waals surface area contributed by atoms with Gasteiger partial charge in [0.1, 0.15) is 35.9 Å². The van der Waals surface area contributed by atoms with Gasteiger partial charge < -0.3 is 26.0 Å². The molecule has 0 unspecified atom stereocenters. The van der Waals surface area contributed by atoms with Crippen molar-refractivity contribution in [3.05, 3.63) is 66.4 Å². The molecule has 1 aromatic heterocycles. The highest BCUT2D eigenvalue weighted by Crippen LogP contribution is 2.28. The standard InChI is InChI=1S/C25H29F2N9O2/c26-19-3-1-4-21(24(19)27)36-33-23(15-35(36)14-22(28)37)32-25-18-6-5-17(13-20(18)30-16-31-25)38-12-2-9-34-10-7-29-8-11-34/h1,3-6,13,15-16,29,33H,2,7-12,14H2,(H2,28,37)(H,30,31,32). The van der Waals surface area contributed by atoms with Crippen LogP contribution in [0.2, 0.25) is 0 Å². The molecular formula is C25H29F2N9O2. The van der Waals surface area contributed by atoms with Crippen molar-refractivity contribution >= 4 is 28.3 Å². The summed E-state index contributed by atoms with van der Waals surface area (Å²) < 4.78 is 34.3. The molecule has 1 saturated heterocycles. The second kappa shape index (κ2) is 11.4. The van der Waals surface area contributed by atoms with Crippen LogP contribution in [-0.2, 0) is 4.79 Å². The number of aromatic nitrogens is 2. The van der Waals surface area contributed by atoms with Crippen LogP contribution in [0.5, 0.6) is 5.75 Å².